The molecule has 2 fully saturated rings. The number of halogens is 5. The Morgan fingerprint density at radius 3 is 2.26 bits per heavy atom. The minimum atomic E-state index is -4.72. The van der Waals surface area contributed by atoms with Gasteiger partial charge in [0.25, 0.3) is 0 Å². The maximum absolute atomic E-state index is 15.9. The second-order valence-electron chi connectivity index (χ2n) is 12.0. The smallest absolute Gasteiger partial charge is 0.416 e. The molecule has 0 N–H and O–H groups in total. The first-order valence-corrected chi connectivity index (χ1v) is 17.8. The van der Waals surface area contributed by atoms with E-state index in [1.807, 2.05) is 0 Å². The third kappa shape index (κ3) is 4.98. The predicted molar refractivity (Wildman–Crippen MR) is 158 cm³/mol. The molecule has 2 heterocycles. The van der Waals surface area contributed by atoms with Crippen LogP contribution in [0.5, 0.6) is 11.5 Å². The fourth-order valence-electron chi connectivity index (χ4n) is 7.67. The average Bonchev–Trinajstić information content (AvgIpc) is 3.03. The number of alkyl halides is 3. The van der Waals surface area contributed by atoms with E-state index in [2.05, 4.69) is 0 Å². The van der Waals surface area contributed by atoms with Crippen LogP contribution in [0.2, 0.25) is 0 Å². The molecular weight excluding hydrogens is 653 g/mol. The van der Waals surface area contributed by atoms with E-state index in [-0.39, 0.29) is 38.8 Å². The van der Waals surface area contributed by atoms with Crippen molar-refractivity contribution in [2.45, 2.75) is 66.3 Å². The van der Waals surface area contributed by atoms with Crippen molar-refractivity contribution in [3.63, 3.8) is 0 Å². The summed E-state index contributed by atoms with van der Waals surface area (Å²) in [4.78, 5) is -0.481. The SMILES string of the molecule is CC[C@@H]1C[C@H]2[C@H](CC[C@@]3(S(=O)(=O)c4ccc(C(F)(F)F)cc4)c4c(F)ccc(F)c4OC[C@@H]23)N(Cc2ccc(OC)cc2)S1(=O)=O. The number of hydrogen-bond acceptors (Lipinski definition) is 6. The van der Waals surface area contributed by atoms with Crippen LogP contribution in [0.3, 0.4) is 0 Å². The third-order valence-corrected chi connectivity index (χ3v) is 14.9. The van der Waals surface area contributed by atoms with Crippen LogP contribution in [0.25, 0.3) is 0 Å². The lowest BCUT2D eigenvalue weighted by Gasteiger charge is -2.57. The van der Waals surface area contributed by atoms with Gasteiger partial charge in [-0.15, -0.1) is 0 Å². The molecular formula is C32H32F5NO6S2. The van der Waals surface area contributed by atoms with Crippen LogP contribution >= 0.6 is 0 Å². The van der Waals surface area contributed by atoms with Gasteiger partial charge in [0.2, 0.25) is 10.0 Å². The molecule has 0 spiro atoms. The van der Waals surface area contributed by atoms with Gasteiger partial charge in [-0.05, 0) is 85.7 Å². The molecule has 248 valence electrons. The van der Waals surface area contributed by atoms with E-state index in [0.717, 1.165) is 24.3 Å². The monoisotopic (exact) mass is 685 g/mol. The molecule has 0 unspecified atom stereocenters. The average molecular weight is 686 g/mol. The number of rotatable bonds is 6. The Morgan fingerprint density at radius 1 is 1.00 bits per heavy atom. The Balaban J connectivity index is 1.51. The summed E-state index contributed by atoms with van der Waals surface area (Å²) >= 11 is 0. The third-order valence-electron chi connectivity index (χ3n) is 9.89. The number of ether oxygens (including phenoxy) is 2. The van der Waals surface area contributed by atoms with E-state index in [9.17, 15) is 30.0 Å². The zero-order valence-corrected chi connectivity index (χ0v) is 26.6. The van der Waals surface area contributed by atoms with Crippen molar-refractivity contribution in [1.29, 1.82) is 0 Å². The first-order valence-electron chi connectivity index (χ1n) is 14.8. The topological polar surface area (TPSA) is 90.0 Å². The molecule has 0 bridgehead atoms. The van der Waals surface area contributed by atoms with Gasteiger partial charge >= 0.3 is 6.18 Å². The molecule has 7 nitrogen and oxygen atoms in total. The molecule has 3 aromatic carbocycles. The fraction of sp³-hybridized carbons (Fsp3) is 0.438. The second-order valence-corrected chi connectivity index (χ2v) is 16.4. The molecule has 2 aliphatic heterocycles. The number of sulfonamides is 1. The predicted octanol–water partition coefficient (Wildman–Crippen LogP) is 6.46. The molecule has 14 heteroatoms. The first kappa shape index (κ1) is 32.7. The van der Waals surface area contributed by atoms with Gasteiger partial charge in [-0.1, -0.05) is 19.1 Å². The van der Waals surface area contributed by atoms with Crippen LogP contribution in [0, 0.1) is 23.5 Å². The van der Waals surface area contributed by atoms with Crippen LogP contribution in [0.4, 0.5) is 22.0 Å². The summed E-state index contributed by atoms with van der Waals surface area (Å²) in [5.74, 6) is -3.70. The van der Waals surface area contributed by atoms with Gasteiger partial charge in [0, 0.05) is 18.5 Å². The summed E-state index contributed by atoms with van der Waals surface area (Å²) < 4.78 is 139. The van der Waals surface area contributed by atoms with E-state index >= 15 is 8.78 Å². The summed E-state index contributed by atoms with van der Waals surface area (Å²) in [6, 6.07) is 10.8. The molecule has 1 saturated heterocycles. The quantitative estimate of drug-likeness (QED) is 0.277. The highest BCUT2D eigenvalue weighted by atomic mass is 32.2. The standard InChI is InChI=1S/C32H32F5NO6S2/c1-3-22-16-24-25-18-44-30-27(34)13-12-26(33)29(30)31(25,45(39,40)23-10-6-20(7-11-23)32(35,36)37)15-14-28(24)38(46(22,41)42)17-19-4-8-21(43-2)9-5-19/h4-13,22,24-25,28H,3,14-18H2,1-2H3/t22-,24-,25+,28+,31+/m1/s1. The lowest BCUT2D eigenvalue weighted by Crippen LogP contribution is -2.64. The molecule has 1 aliphatic carbocycles. The summed E-state index contributed by atoms with van der Waals surface area (Å²) in [7, 11) is -7.08. The molecule has 0 radical (unpaired) electrons. The number of fused-ring (bicyclic) bond motifs is 5. The van der Waals surface area contributed by atoms with E-state index < -0.39 is 87.3 Å². The van der Waals surface area contributed by atoms with Crippen LogP contribution in [0.1, 0.15) is 49.3 Å². The van der Waals surface area contributed by atoms with Crippen molar-refractivity contribution < 1.29 is 48.3 Å². The highest BCUT2D eigenvalue weighted by Crippen LogP contribution is 2.61. The minimum absolute atomic E-state index is 0.00416. The van der Waals surface area contributed by atoms with Crippen LogP contribution < -0.4 is 9.47 Å². The maximum atomic E-state index is 15.9. The van der Waals surface area contributed by atoms with Crippen LogP contribution in [0.15, 0.2) is 65.6 Å². The van der Waals surface area contributed by atoms with Crippen LogP contribution in [-0.4, -0.2) is 46.1 Å². The van der Waals surface area contributed by atoms with Crippen molar-refractivity contribution >= 4 is 19.9 Å². The lowest BCUT2D eigenvalue weighted by molar-refractivity contribution is -0.137. The van der Waals surface area contributed by atoms with Gasteiger partial charge in [-0.2, -0.15) is 17.5 Å². The molecule has 6 rings (SSSR count). The van der Waals surface area contributed by atoms with Crippen molar-refractivity contribution in [3.05, 3.63) is 89.0 Å². The van der Waals surface area contributed by atoms with E-state index in [1.54, 1.807) is 31.2 Å². The number of hydrogen-bond donors (Lipinski definition) is 0. The van der Waals surface area contributed by atoms with Gasteiger partial charge in [-0.25, -0.2) is 25.6 Å². The number of nitrogens with zero attached hydrogens (tertiary/aromatic N) is 1. The number of methoxy groups -OCH3 is 1. The number of sulfone groups is 1. The zero-order chi connectivity index (χ0) is 33.2. The highest BCUT2D eigenvalue weighted by molar-refractivity contribution is 7.92. The lowest BCUT2D eigenvalue weighted by atomic mass is 9.64. The minimum Gasteiger partial charge on any atom is -0.497 e. The Labute approximate surface area is 264 Å². The fourth-order valence-corrected chi connectivity index (χ4v) is 12.3. The van der Waals surface area contributed by atoms with Gasteiger partial charge in [0.05, 0.1) is 35.0 Å². The van der Waals surface area contributed by atoms with Gasteiger partial charge in [-0.3, -0.25) is 0 Å². The maximum Gasteiger partial charge on any atom is 0.416 e. The first-order chi connectivity index (χ1) is 21.7. The molecule has 1 saturated carbocycles. The van der Waals surface area contributed by atoms with E-state index in [4.69, 9.17) is 9.47 Å². The highest BCUT2D eigenvalue weighted by Gasteiger charge is 2.65. The van der Waals surface area contributed by atoms with Gasteiger partial charge in [0.1, 0.15) is 16.3 Å². The molecule has 0 amide bonds. The summed E-state index contributed by atoms with van der Waals surface area (Å²) in [5.41, 5.74) is -0.899. The summed E-state index contributed by atoms with van der Waals surface area (Å²) in [6.45, 7) is 1.35. The Kier molecular flexibility index (Phi) is 8.16. The van der Waals surface area contributed by atoms with Crippen molar-refractivity contribution in [3.8, 4) is 11.5 Å². The molecule has 0 aromatic heterocycles. The van der Waals surface area contributed by atoms with E-state index in [1.165, 1.54) is 11.4 Å². The van der Waals surface area contributed by atoms with Crippen molar-refractivity contribution in [1.82, 2.24) is 4.31 Å². The largest absolute Gasteiger partial charge is 0.497 e. The summed E-state index contributed by atoms with van der Waals surface area (Å²) in [6.07, 6.45) is -4.80. The van der Waals surface area contributed by atoms with E-state index in [0.29, 0.717) is 23.4 Å². The Bertz CT molecular complexity index is 1850. The van der Waals surface area contributed by atoms with Gasteiger partial charge < -0.3 is 9.47 Å². The number of benzene rings is 3. The zero-order valence-electron chi connectivity index (χ0n) is 24.9. The molecule has 3 aromatic rings. The van der Waals surface area contributed by atoms with Crippen molar-refractivity contribution in [2.24, 2.45) is 11.8 Å². The molecule has 3 aliphatic rings. The Hall–Kier alpha value is -3.23. The Morgan fingerprint density at radius 2 is 1.65 bits per heavy atom. The van der Waals surface area contributed by atoms with Crippen molar-refractivity contribution in [2.75, 3.05) is 13.7 Å². The second kappa shape index (κ2) is 11.5. The van der Waals surface area contributed by atoms with Gasteiger partial charge in [0.15, 0.2) is 21.4 Å². The molecule has 46 heavy (non-hydrogen) atoms. The normalized spacial score (nSPS) is 27.5. The summed E-state index contributed by atoms with van der Waals surface area (Å²) in [5, 5.41) is -0.893. The molecule has 5 atom stereocenters. The van der Waals surface area contributed by atoms with Crippen LogP contribution in [-0.2, 0) is 37.3 Å².